The highest BCUT2D eigenvalue weighted by Gasteiger charge is 2.12. The van der Waals surface area contributed by atoms with Gasteiger partial charge in [-0.25, -0.2) is 0 Å². The van der Waals surface area contributed by atoms with Crippen molar-refractivity contribution in [2.24, 2.45) is 0 Å². The fraction of sp³-hybridized carbons (Fsp3) is 0.143. The number of phenolic OH excluding ortho intramolecular Hbond substituents is 1. The lowest BCUT2D eigenvalue weighted by Crippen LogP contribution is -2.26. The minimum Gasteiger partial charge on any atom is -0.508 e. The number of aromatic nitrogens is 4. The molecule has 2 heterocycles. The molecule has 0 atom stereocenters. The van der Waals surface area contributed by atoms with Gasteiger partial charge in [-0.3, -0.25) is 9.89 Å². The lowest BCUT2D eigenvalue weighted by Gasteiger charge is -2.00. The molecule has 0 aliphatic rings. The molecule has 3 N–H and O–H groups in total. The molecule has 0 radical (unpaired) electrons. The number of H-pyrrole nitrogens is 1. The summed E-state index contributed by atoms with van der Waals surface area (Å²) in [6, 6.07) is 16.1. The van der Waals surface area contributed by atoms with Crippen LogP contribution < -0.4 is 5.32 Å². The van der Waals surface area contributed by atoms with E-state index in [1.807, 2.05) is 31.2 Å². The van der Waals surface area contributed by atoms with Crippen LogP contribution in [0.1, 0.15) is 21.9 Å². The molecule has 146 valence electrons. The third-order valence-electron chi connectivity index (χ3n) is 4.39. The van der Waals surface area contributed by atoms with Crippen LogP contribution in [0.15, 0.2) is 59.1 Å². The molecule has 0 bridgehead atoms. The number of nitrogens with one attached hydrogen (secondary N) is 2. The van der Waals surface area contributed by atoms with E-state index in [1.54, 1.807) is 30.3 Å². The summed E-state index contributed by atoms with van der Waals surface area (Å²) in [5.74, 6) is 0.878. The Morgan fingerprint density at radius 1 is 1.10 bits per heavy atom. The number of aryl methyl sites for hydroxylation is 1. The molecule has 2 aromatic carbocycles. The molecule has 0 saturated heterocycles. The van der Waals surface area contributed by atoms with Gasteiger partial charge in [0.15, 0.2) is 0 Å². The summed E-state index contributed by atoms with van der Waals surface area (Å²) >= 11 is 0. The Hall–Kier alpha value is -3.94. The van der Waals surface area contributed by atoms with Crippen molar-refractivity contribution in [1.82, 2.24) is 25.7 Å². The summed E-state index contributed by atoms with van der Waals surface area (Å²) in [7, 11) is 0. The number of carbonyl (C=O) groups is 1. The zero-order valence-electron chi connectivity index (χ0n) is 15.7. The van der Waals surface area contributed by atoms with Gasteiger partial charge in [-0.2, -0.15) is 10.1 Å². The molecule has 2 aromatic heterocycles. The zero-order chi connectivity index (χ0) is 20.2. The first-order chi connectivity index (χ1) is 14.1. The summed E-state index contributed by atoms with van der Waals surface area (Å²) in [5.41, 5.74) is 3.81. The van der Waals surface area contributed by atoms with Gasteiger partial charge in [0.25, 0.3) is 5.91 Å². The van der Waals surface area contributed by atoms with Crippen molar-refractivity contribution < 1.29 is 14.4 Å². The molecule has 0 saturated carbocycles. The van der Waals surface area contributed by atoms with E-state index in [-0.39, 0.29) is 11.7 Å². The summed E-state index contributed by atoms with van der Waals surface area (Å²) in [5, 5.41) is 23.0. The van der Waals surface area contributed by atoms with E-state index in [4.69, 9.17) is 4.52 Å². The van der Waals surface area contributed by atoms with Gasteiger partial charge in [0.05, 0.1) is 5.69 Å². The van der Waals surface area contributed by atoms with E-state index >= 15 is 0 Å². The fourth-order valence-electron chi connectivity index (χ4n) is 2.77. The number of benzene rings is 2. The van der Waals surface area contributed by atoms with Gasteiger partial charge < -0.3 is 14.9 Å². The summed E-state index contributed by atoms with van der Waals surface area (Å²) < 4.78 is 5.26. The molecule has 8 heteroatoms. The predicted molar refractivity (Wildman–Crippen MR) is 106 cm³/mol. The van der Waals surface area contributed by atoms with Crippen LogP contribution in [0.25, 0.3) is 22.6 Å². The topological polar surface area (TPSA) is 117 Å². The lowest BCUT2D eigenvalue weighted by atomic mass is 10.1. The monoisotopic (exact) mass is 389 g/mol. The fourth-order valence-corrected chi connectivity index (χ4v) is 2.77. The van der Waals surface area contributed by atoms with Crippen molar-refractivity contribution >= 4 is 5.91 Å². The number of rotatable bonds is 6. The van der Waals surface area contributed by atoms with Crippen molar-refractivity contribution in [2.45, 2.75) is 13.3 Å². The van der Waals surface area contributed by atoms with Crippen molar-refractivity contribution in [3.05, 3.63) is 71.7 Å². The van der Waals surface area contributed by atoms with Gasteiger partial charge in [0, 0.05) is 24.1 Å². The van der Waals surface area contributed by atoms with Crippen LogP contribution in [0.4, 0.5) is 0 Å². The molecule has 0 aliphatic carbocycles. The van der Waals surface area contributed by atoms with E-state index in [0.29, 0.717) is 36.1 Å². The van der Waals surface area contributed by atoms with E-state index in [1.165, 1.54) is 0 Å². The van der Waals surface area contributed by atoms with Crippen LogP contribution in [0.5, 0.6) is 5.75 Å². The molecule has 4 rings (SSSR count). The Bertz CT molecular complexity index is 1110. The number of amides is 1. The second kappa shape index (κ2) is 7.97. The largest absolute Gasteiger partial charge is 0.508 e. The van der Waals surface area contributed by atoms with Gasteiger partial charge >= 0.3 is 0 Å². The van der Waals surface area contributed by atoms with Crippen molar-refractivity contribution in [1.29, 1.82) is 0 Å². The molecular formula is C21H19N5O3. The maximum Gasteiger partial charge on any atom is 0.269 e. The number of carbonyl (C=O) groups excluding carboxylic acids is 1. The number of aromatic amines is 1. The molecule has 0 spiro atoms. The van der Waals surface area contributed by atoms with E-state index in [0.717, 1.165) is 16.7 Å². The summed E-state index contributed by atoms with van der Waals surface area (Å²) in [4.78, 5) is 16.7. The Morgan fingerprint density at radius 2 is 1.83 bits per heavy atom. The number of hydrogen-bond donors (Lipinski definition) is 3. The van der Waals surface area contributed by atoms with Gasteiger partial charge in [-0.1, -0.05) is 35.0 Å². The second-order valence-electron chi connectivity index (χ2n) is 6.60. The SMILES string of the molecule is Cc1ccc(-c2noc(CCNC(=O)c3cc(-c4ccc(O)cc4)n[nH]3)n2)cc1. The first-order valence-electron chi connectivity index (χ1n) is 9.11. The van der Waals surface area contributed by atoms with E-state index in [2.05, 4.69) is 25.7 Å². The Balaban J connectivity index is 1.32. The van der Waals surface area contributed by atoms with Crippen LogP contribution in [-0.4, -0.2) is 37.9 Å². The third kappa shape index (κ3) is 4.32. The number of nitrogens with zero attached hydrogens (tertiary/aromatic N) is 3. The quantitative estimate of drug-likeness (QED) is 0.466. The maximum atomic E-state index is 12.3. The highest BCUT2D eigenvalue weighted by molar-refractivity contribution is 5.93. The standard InChI is InChI=1S/C21H19N5O3/c1-13-2-4-15(5-3-13)20-23-19(29-26-20)10-11-22-21(28)18-12-17(24-25-18)14-6-8-16(27)9-7-14/h2-9,12,27H,10-11H2,1H3,(H,22,28)(H,24,25). The maximum absolute atomic E-state index is 12.3. The molecule has 4 aromatic rings. The predicted octanol–water partition coefficient (Wildman–Crippen LogP) is 3.11. The van der Waals surface area contributed by atoms with Gasteiger partial charge in [-0.15, -0.1) is 0 Å². The Morgan fingerprint density at radius 3 is 2.59 bits per heavy atom. The van der Waals surface area contributed by atoms with Crippen molar-refractivity contribution in [3.63, 3.8) is 0 Å². The first kappa shape index (κ1) is 18.4. The Kier molecular flexibility index (Phi) is 5.07. The minimum absolute atomic E-state index is 0.175. The summed E-state index contributed by atoms with van der Waals surface area (Å²) in [6.45, 7) is 2.36. The molecule has 0 unspecified atom stereocenters. The summed E-state index contributed by atoms with van der Waals surface area (Å²) in [6.07, 6.45) is 0.420. The molecule has 29 heavy (non-hydrogen) atoms. The average Bonchev–Trinajstić information content (AvgIpc) is 3.39. The van der Waals surface area contributed by atoms with E-state index < -0.39 is 0 Å². The molecule has 1 amide bonds. The molecule has 8 nitrogen and oxygen atoms in total. The smallest absolute Gasteiger partial charge is 0.269 e. The van der Waals surface area contributed by atoms with Crippen LogP contribution in [0, 0.1) is 6.92 Å². The van der Waals surface area contributed by atoms with E-state index in [9.17, 15) is 9.90 Å². The van der Waals surface area contributed by atoms with Crippen molar-refractivity contribution in [3.8, 4) is 28.4 Å². The third-order valence-corrected chi connectivity index (χ3v) is 4.39. The highest BCUT2D eigenvalue weighted by atomic mass is 16.5. The molecule has 0 aliphatic heterocycles. The number of phenols is 1. The zero-order valence-corrected chi connectivity index (χ0v) is 15.7. The normalized spacial score (nSPS) is 10.8. The second-order valence-corrected chi connectivity index (χ2v) is 6.60. The van der Waals surface area contributed by atoms with Gasteiger partial charge in [0.1, 0.15) is 11.4 Å². The molecule has 0 fully saturated rings. The molecular weight excluding hydrogens is 370 g/mol. The van der Waals surface area contributed by atoms with Gasteiger partial charge in [-0.05, 0) is 37.3 Å². The van der Waals surface area contributed by atoms with Gasteiger partial charge in [0.2, 0.25) is 11.7 Å². The highest BCUT2D eigenvalue weighted by Crippen LogP contribution is 2.20. The van der Waals surface area contributed by atoms with Crippen LogP contribution in [-0.2, 0) is 6.42 Å². The van der Waals surface area contributed by atoms with Crippen LogP contribution in [0.3, 0.4) is 0 Å². The minimum atomic E-state index is -0.277. The first-order valence-corrected chi connectivity index (χ1v) is 9.11. The number of hydrogen-bond acceptors (Lipinski definition) is 6. The lowest BCUT2D eigenvalue weighted by molar-refractivity contribution is 0.0948. The number of aromatic hydroxyl groups is 1. The average molecular weight is 389 g/mol. The van der Waals surface area contributed by atoms with Crippen LogP contribution in [0.2, 0.25) is 0 Å². The van der Waals surface area contributed by atoms with Crippen molar-refractivity contribution in [2.75, 3.05) is 6.54 Å². The van der Waals surface area contributed by atoms with Crippen LogP contribution >= 0.6 is 0 Å². The Labute approximate surface area is 166 Å².